The van der Waals surface area contributed by atoms with Crippen molar-refractivity contribution in [2.75, 3.05) is 19.8 Å². The maximum absolute atomic E-state index is 13.8. The Kier molecular flexibility index (Phi) is 12.6. The van der Waals surface area contributed by atoms with E-state index in [9.17, 15) is 27.6 Å². The number of hydrogen-bond acceptors (Lipinski definition) is 16. The van der Waals surface area contributed by atoms with E-state index in [0.29, 0.717) is 5.56 Å². The van der Waals surface area contributed by atoms with E-state index < -0.39 is 74.9 Å². The zero-order chi connectivity index (χ0) is 43.5. The molecule has 1 unspecified atom stereocenters. The highest BCUT2D eigenvalue weighted by molar-refractivity contribution is 7.91. The minimum Gasteiger partial charge on any atom is -0.463 e. The Morgan fingerprint density at radius 2 is 1.75 bits per heavy atom. The van der Waals surface area contributed by atoms with Gasteiger partial charge in [0.2, 0.25) is 17.0 Å². The molecule has 18 nitrogen and oxygen atoms in total. The van der Waals surface area contributed by atoms with Crippen LogP contribution in [0.3, 0.4) is 0 Å². The van der Waals surface area contributed by atoms with E-state index in [1.807, 2.05) is 0 Å². The number of carbonyl (C=O) groups excluding carboxylic acids is 4. The predicted octanol–water partition coefficient (Wildman–Crippen LogP) is 3.68. The van der Waals surface area contributed by atoms with Crippen molar-refractivity contribution in [3.05, 3.63) is 84.2 Å². The van der Waals surface area contributed by atoms with Gasteiger partial charge in [0, 0.05) is 25.8 Å². The number of carbonyl (C=O) groups is 4. The first-order chi connectivity index (χ1) is 28.6. The largest absolute Gasteiger partial charge is 0.463 e. The van der Waals surface area contributed by atoms with E-state index in [1.165, 1.54) is 23.3 Å². The van der Waals surface area contributed by atoms with Crippen molar-refractivity contribution in [2.45, 2.75) is 81.8 Å². The Morgan fingerprint density at radius 1 is 1.05 bits per heavy atom. The number of allylic oxidation sites excluding steroid dienone is 3. The fraction of sp³-hybridized carbons (Fsp3) is 0.400. The van der Waals surface area contributed by atoms with Crippen molar-refractivity contribution < 1.29 is 56.0 Å². The monoisotopic (exact) mass is 864 g/mol. The van der Waals surface area contributed by atoms with Crippen LogP contribution in [0.25, 0.3) is 22.4 Å². The number of hydrogen-bond donors (Lipinski definition) is 0. The van der Waals surface area contributed by atoms with Crippen LogP contribution in [0.1, 0.15) is 52.8 Å². The summed E-state index contributed by atoms with van der Waals surface area (Å²) in [6.45, 7) is 5.86. The summed E-state index contributed by atoms with van der Waals surface area (Å²) in [4.78, 5) is 66.3. The van der Waals surface area contributed by atoms with Crippen molar-refractivity contribution >= 4 is 56.7 Å². The van der Waals surface area contributed by atoms with Crippen LogP contribution in [0.15, 0.2) is 73.4 Å². The number of fused-ring (bicyclic) bond motifs is 1. The Hall–Kier alpha value is -5.94. The summed E-state index contributed by atoms with van der Waals surface area (Å²) in [5.74, 6) is -1.50. The maximum Gasteiger partial charge on any atom is 0.350 e. The van der Waals surface area contributed by atoms with Gasteiger partial charge in [-0.25, -0.2) is 28.0 Å². The van der Waals surface area contributed by atoms with Crippen LogP contribution in [0, 0.1) is 12.3 Å². The lowest BCUT2D eigenvalue weighted by Crippen LogP contribution is -2.57. The molecule has 20 heteroatoms. The summed E-state index contributed by atoms with van der Waals surface area (Å²) in [7, 11) is -4.06. The van der Waals surface area contributed by atoms with Gasteiger partial charge in [0.05, 0.1) is 38.5 Å². The number of nitrogens with zero attached hydrogens (tertiary/aromatic N) is 6. The zero-order valence-corrected chi connectivity index (χ0v) is 34.7. The molecule has 4 aromatic rings. The Morgan fingerprint density at radius 3 is 2.35 bits per heavy atom. The molecule has 3 aromatic heterocycles. The molecule has 1 fully saturated rings. The van der Waals surface area contributed by atoms with Gasteiger partial charge in [0.25, 0.3) is 15.6 Å². The second-order valence-electron chi connectivity index (χ2n) is 13.9. The average Bonchev–Trinajstić information content (AvgIpc) is 3.94. The van der Waals surface area contributed by atoms with Gasteiger partial charge in [-0.2, -0.15) is 14.2 Å². The average molecular weight is 865 g/mol. The molecule has 0 saturated carbocycles. The molecule has 6 rings (SSSR count). The summed E-state index contributed by atoms with van der Waals surface area (Å²) in [5.41, 5.74) is -3.83. The molecule has 60 heavy (non-hydrogen) atoms. The van der Waals surface area contributed by atoms with E-state index >= 15 is 0 Å². The fourth-order valence-electron chi connectivity index (χ4n) is 6.94. The molecule has 5 atom stereocenters. The highest BCUT2D eigenvalue weighted by atomic mass is 35.5. The van der Waals surface area contributed by atoms with Crippen LogP contribution in [0.4, 0.5) is 0 Å². The molecule has 0 amide bonds. The third-order valence-corrected chi connectivity index (χ3v) is 12.2. The Labute approximate surface area is 349 Å². The molecular weight excluding hydrogens is 824 g/mol. The van der Waals surface area contributed by atoms with Crippen LogP contribution in [0.2, 0.25) is 5.28 Å². The lowest BCUT2D eigenvalue weighted by atomic mass is 9.91. The Bertz CT molecular complexity index is 2500. The van der Waals surface area contributed by atoms with Gasteiger partial charge >= 0.3 is 23.9 Å². The standard InChI is InChI=1S/C40H41ClN6O12S/c1-7-39(59-26(5)49)29(23-56-40(35(50)54-8-2,36(51)55-9-3)20-27-16-12-10-13-17-27)58-34(32(39)57-25(4)48)46-24-42-31-30(44-37(41)45-33(31)46)28-21-43-47(22-28)60(52,53)38(6)18-14-11-15-19-38/h1,10-18,21-22,24,29,32,34H,8-9,19-20,23H2,2-6H3/t29-,32+,34-,38?,39-/m1/s1. The van der Waals surface area contributed by atoms with Gasteiger partial charge < -0.3 is 28.4 Å². The fourth-order valence-corrected chi connectivity index (χ4v) is 8.52. The summed E-state index contributed by atoms with van der Waals surface area (Å²) >= 11 is 6.47. The molecule has 1 aliphatic carbocycles. The van der Waals surface area contributed by atoms with Crippen LogP contribution in [0.5, 0.6) is 0 Å². The van der Waals surface area contributed by atoms with E-state index in [4.69, 9.17) is 46.4 Å². The summed E-state index contributed by atoms with van der Waals surface area (Å²) in [5, 5.41) is 3.83. The zero-order valence-electron chi connectivity index (χ0n) is 33.1. The highest BCUT2D eigenvalue weighted by Gasteiger charge is 2.63. The number of ether oxygens (including phenoxy) is 6. The molecule has 1 aliphatic heterocycles. The molecule has 2 aliphatic rings. The van der Waals surface area contributed by atoms with E-state index in [0.717, 1.165) is 17.9 Å². The van der Waals surface area contributed by atoms with Crippen molar-refractivity contribution in [3.8, 4) is 23.6 Å². The summed E-state index contributed by atoms with van der Waals surface area (Å²) in [6.07, 6.45) is 11.8. The first-order valence-electron chi connectivity index (χ1n) is 18.6. The first-order valence-corrected chi connectivity index (χ1v) is 20.4. The summed E-state index contributed by atoms with van der Waals surface area (Å²) in [6, 6.07) is 8.48. The van der Waals surface area contributed by atoms with Crippen molar-refractivity contribution in [1.82, 2.24) is 28.7 Å². The second-order valence-corrected chi connectivity index (χ2v) is 16.5. The topological polar surface area (TPSA) is 219 Å². The minimum absolute atomic E-state index is 0.0122. The number of rotatable bonds is 15. The van der Waals surface area contributed by atoms with Gasteiger partial charge in [-0.1, -0.05) is 60.6 Å². The smallest absolute Gasteiger partial charge is 0.350 e. The third kappa shape index (κ3) is 8.02. The molecule has 0 N–H and O–H groups in total. The van der Waals surface area contributed by atoms with Gasteiger partial charge in [-0.3, -0.25) is 14.2 Å². The molecule has 0 bridgehead atoms. The molecule has 316 valence electrons. The summed E-state index contributed by atoms with van der Waals surface area (Å²) < 4.78 is 63.1. The number of halogens is 1. The lowest BCUT2D eigenvalue weighted by molar-refractivity contribution is -0.200. The van der Waals surface area contributed by atoms with Crippen molar-refractivity contribution in [3.63, 3.8) is 0 Å². The number of imidazole rings is 1. The van der Waals surface area contributed by atoms with E-state index in [-0.39, 0.29) is 53.8 Å². The number of aromatic nitrogens is 6. The second kappa shape index (κ2) is 17.3. The van der Waals surface area contributed by atoms with Crippen LogP contribution in [-0.4, -0.2) is 109 Å². The molecule has 1 saturated heterocycles. The van der Waals surface area contributed by atoms with Crippen molar-refractivity contribution in [1.29, 1.82) is 0 Å². The van der Waals surface area contributed by atoms with E-state index in [2.05, 4.69) is 26.0 Å². The normalized spacial score (nSPS) is 22.6. The number of benzene rings is 1. The maximum atomic E-state index is 13.8. The van der Waals surface area contributed by atoms with Crippen LogP contribution >= 0.6 is 11.6 Å². The molecule has 4 heterocycles. The number of terminal acetylenes is 1. The van der Waals surface area contributed by atoms with Gasteiger partial charge in [0.1, 0.15) is 22.1 Å². The first kappa shape index (κ1) is 43.6. The number of esters is 4. The molecule has 1 aromatic carbocycles. The van der Waals surface area contributed by atoms with Gasteiger partial charge in [-0.05, 0) is 44.4 Å². The van der Waals surface area contributed by atoms with Crippen LogP contribution in [-0.2, 0) is 64.0 Å². The molecular formula is C40H41ClN6O12S. The van der Waals surface area contributed by atoms with Gasteiger partial charge in [-0.15, -0.1) is 6.42 Å². The van der Waals surface area contributed by atoms with Crippen LogP contribution < -0.4 is 0 Å². The van der Waals surface area contributed by atoms with Crippen molar-refractivity contribution in [2.24, 2.45) is 0 Å². The minimum atomic E-state index is -4.06. The lowest BCUT2D eigenvalue weighted by Gasteiger charge is -2.34. The Balaban J connectivity index is 1.44. The molecule has 0 radical (unpaired) electrons. The molecule has 0 spiro atoms. The highest BCUT2D eigenvalue weighted by Crippen LogP contribution is 2.44. The quantitative estimate of drug-likeness (QED) is 0.0547. The third-order valence-electron chi connectivity index (χ3n) is 9.84. The predicted molar refractivity (Wildman–Crippen MR) is 212 cm³/mol. The van der Waals surface area contributed by atoms with E-state index in [1.54, 1.807) is 75.4 Å². The van der Waals surface area contributed by atoms with Gasteiger partial charge in [0.15, 0.2) is 11.9 Å². The SMILES string of the molecule is C#C[C@@]1(OC(C)=O)[C@@H](COC(Cc2ccccc2)(C(=O)OCC)C(=O)OCC)O[C@@H](n2cnc3c(-c4cnn(S(=O)(=O)C5(C)C=CC=CC5)c4)nc(Cl)nc32)[C@@H]1OC(C)=O.